The zero-order chi connectivity index (χ0) is 12.7. The van der Waals surface area contributed by atoms with Crippen molar-refractivity contribution < 1.29 is 0 Å². The van der Waals surface area contributed by atoms with E-state index in [1.165, 1.54) is 0 Å². The summed E-state index contributed by atoms with van der Waals surface area (Å²) in [4.78, 5) is 14.9. The van der Waals surface area contributed by atoms with Crippen LogP contribution in [0.25, 0.3) is 0 Å². The van der Waals surface area contributed by atoms with E-state index in [0.29, 0.717) is 8.42 Å². The fourth-order valence-corrected chi connectivity index (χ4v) is 3.30. The number of H-pyrrole nitrogens is 1. The number of rotatable bonds is 1. The minimum atomic E-state index is -0.0304. The predicted molar refractivity (Wildman–Crippen MR) is 75.9 cm³/mol. The van der Waals surface area contributed by atoms with Crippen molar-refractivity contribution >= 4 is 17.3 Å². The zero-order valence-corrected chi connectivity index (χ0v) is 13.1. The minimum absolute atomic E-state index is 0.00295. The average molecular weight is 260 g/mol. The lowest BCUT2D eigenvalue weighted by Gasteiger charge is -2.27. The van der Waals surface area contributed by atoms with Gasteiger partial charge in [-0.1, -0.05) is 50.5 Å². The summed E-state index contributed by atoms with van der Waals surface area (Å²) >= 11 is 0. The highest BCUT2D eigenvalue weighted by atomic mass is 32.0. The fraction of sp³-hybridized carbons (Fsp3) is 0.727. The second-order valence-corrected chi connectivity index (χ2v) is 7.60. The largest absolute Gasteiger partial charge is 0.329 e. The average Bonchev–Trinajstić information content (AvgIpc) is 2.40. The van der Waals surface area contributed by atoms with E-state index in [1.807, 2.05) is 4.34 Å². The van der Waals surface area contributed by atoms with Crippen molar-refractivity contribution in [2.45, 2.75) is 52.4 Å². The van der Waals surface area contributed by atoms with Gasteiger partial charge in [-0.15, -0.1) is 0 Å². The molecule has 1 N–H and O–H groups in total. The molecule has 5 heteroatoms. The van der Waals surface area contributed by atoms with Gasteiger partial charge < -0.3 is 4.98 Å². The Kier molecular flexibility index (Phi) is 3.72. The summed E-state index contributed by atoms with van der Waals surface area (Å²) in [6.07, 6.45) is 0. The quantitative estimate of drug-likeness (QED) is 0.774. The molecule has 0 amide bonds. The maximum absolute atomic E-state index is 11.9. The molecule has 0 saturated heterocycles. The van der Waals surface area contributed by atoms with Crippen LogP contribution >= 0.6 is 17.3 Å². The van der Waals surface area contributed by atoms with Crippen molar-refractivity contribution in [2.75, 3.05) is 0 Å². The monoisotopic (exact) mass is 260 g/mol. The third-order valence-corrected chi connectivity index (χ3v) is 3.94. The van der Waals surface area contributed by atoms with Crippen LogP contribution in [0.5, 0.6) is 0 Å². The van der Waals surface area contributed by atoms with Crippen LogP contribution in [0.1, 0.15) is 52.9 Å². The third-order valence-electron chi connectivity index (χ3n) is 2.48. The molecule has 1 heterocycles. The standard InChI is InChI=1S/C11H22N2OP2/c1-10(2,3)7-8(11(4,5)6)13(16-15)9(14)12-7/h16H,15H2,1-6H3,(H,12,14). The second-order valence-electron chi connectivity index (χ2n) is 6.12. The maximum atomic E-state index is 11.9. The van der Waals surface area contributed by atoms with Crippen LogP contribution in [0.2, 0.25) is 0 Å². The van der Waals surface area contributed by atoms with Gasteiger partial charge in [0.05, 0.1) is 5.69 Å². The molecule has 1 aromatic rings. The molecular formula is C11H22N2OP2. The molecule has 92 valence electrons. The molecule has 2 atom stereocenters. The van der Waals surface area contributed by atoms with Crippen LogP contribution in [0.3, 0.4) is 0 Å². The molecule has 0 aliphatic rings. The molecule has 16 heavy (non-hydrogen) atoms. The number of hydrogen-bond acceptors (Lipinski definition) is 1. The SMILES string of the molecule is CC(C)(C)c1[nH]c(=O)n(PP)c1C(C)(C)C. The van der Waals surface area contributed by atoms with Gasteiger partial charge in [0.25, 0.3) is 0 Å². The second kappa shape index (κ2) is 4.27. The van der Waals surface area contributed by atoms with Crippen molar-refractivity contribution in [1.82, 2.24) is 9.32 Å². The van der Waals surface area contributed by atoms with Gasteiger partial charge in [-0.05, 0) is 0 Å². The van der Waals surface area contributed by atoms with Crippen molar-refractivity contribution in [1.29, 1.82) is 0 Å². The molecule has 1 aromatic heterocycles. The van der Waals surface area contributed by atoms with Gasteiger partial charge in [0.15, 0.2) is 0 Å². The summed E-state index contributed by atoms with van der Waals surface area (Å²) in [6.45, 7) is 12.8. The van der Waals surface area contributed by atoms with Gasteiger partial charge >= 0.3 is 5.69 Å². The Morgan fingerprint density at radius 2 is 1.62 bits per heavy atom. The van der Waals surface area contributed by atoms with E-state index >= 15 is 0 Å². The maximum Gasteiger partial charge on any atom is 0.329 e. The Bertz CT molecular complexity index is 432. The Morgan fingerprint density at radius 1 is 1.12 bits per heavy atom. The molecule has 0 saturated carbocycles. The number of imidazole rings is 1. The summed E-state index contributed by atoms with van der Waals surface area (Å²) in [5, 5.41) is 0. The van der Waals surface area contributed by atoms with Crippen LogP contribution in [-0.2, 0) is 10.8 Å². The Balaban J connectivity index is 3.59. The molecule has 0 aliphatic heterocycles. The highest BCUT2D eigenvalue weighted by Gasteiger charge is 2.30. The minimum Gasteiger partial charge on any atom is -0.309 e. The van der Waals surface area contributed by atoms with Gasteiger partial charge in [-0.3, -0.25) is 4.34 Å². The van der Waals surface area contributed by atoms with E-state index in [4.69, 9.17) is 0 Å². The summed E-state index contributed by atoms with van der Waals surface area (Å²) in [6, 6.07) is 0. The highest BCUT2D eigenvalue weighted by molar-refractivity contribution is 8.02. The molecule has 0 spiro atoms. The van der Waals surface area contributed by atoms with Crippen molar-refractivity contribution in [3.05, 3.63) is 21.9 Å². The van der Waals surface area contributed by atoms with Crippen molar-refractivity contribution in [3.8, 4) is 0 Å². The molecule has 0 aromatic carbocycles. The molecule has 0 aliphatic carbocycles. The van der Waals surface area contributed by atoms with Crippen LogP contribution < -0.4 is 5.69 Å². The fourth-order valence-electron chi connectivity index (χ4n) is 1.81. The number of aromatic amines is 1. The first-order valence-corrected chi connectivity index (χ1v) is 8.17. The van der Waals surface area contributed by atoms with E-state index in [1.54, 1.807) is 0 Å². The first-order valence-electron chi connectivity index (χ1n) is 5.41. The van der Waals surface area contributed by atoms with Crippen LogP contribution in [-0.4, -0.2) is 9.32 Å². The molecule has 1 rings (SSSR count). The highest BCUT2D eigenvalue weighted by Crippen LogP contribution is 2.36. The van der Waals surface area contributed by atoms with Gasteiger partial charge in [-0.25, -0.2) is 4.79 Å². The third kappa shape index (κ3) is 2.57. The van der Waals surface area contributed by atoms with E-state index in [2.05, 4.69) is 55.5 Å². The molecule has 2 unspecified atom stereocenters. The Labute approximate surface area is 101 Å². The lowest BCUT2D eigenvalue weighted by atomic mass is 9.82. The predicted octanol–water partition coefficient (Wildman–Crippen LogP) is 3.00. The van der Waals surface area contributed by atoms with Gasteiger partial charge in [-0.2, -0.15) is 0 Å². The molecule has 0 bridgehead atoms. The number of hydrogen-bond donors (Lipinski definition) is 1. The Hall–Kier alpha value is -0.130. The number of nitrogens with one attached hydrogen (secondary N) is 1. The van der Waals surface area contributed by atoms with Gasteiger partial charge in [0.2, 0.25) is 0 Å². The van der Waals surface area contributed by atoms with Gasteiger partial charge in [0.1, 0.15) is 0 Å². The smallest absolute Gasteiger partial charge is 0.309 e. The van der Waals surface area contributed by atoms with Gasteiger partial charge in [0, 0.05) is 24.9 Å². The molecule has 0 fully saturated rings. The summed E-state index contributed by atoms with van der Waals surface area (Å²) < 4.78 is 1.84. The van der Waals surface area contributed by atoms with Crippen LogP contribution in [0.4, 0.5) is 0 Å². The van der Waals surface area contributed by atoms with E-state index < -0.39 is 0 Å². The summed E-state index contributed by atoms with van der Waals surface area (Å²) in [5.41, 5.74) is 2.13. The topological polar surface area (TPSA) is 37.8 Å². The van der Waals surface area contributed by atoms with Crippen molar-refractivity contribution in [3.63, 3.8) is 0 Å². The number of nitrogens with zero attached hydrogens (tertiary/aromatic N) is 1. The first-order chi connectivity index (χ1) is 7.09. The molecule has 3 nitrogen and oxygen atoms in total. The summed E-state index contributed by atoms with van der Waals surface area (Å²) in [7, 11) is 3.04. The number of aromatic nitrogens is 2. The van der Waals surface area contributed by atoms with E-state index in [-0.39, 0.29) is 16.5 Å². The molecule has 0 radical (unpaired) electrons. The van der Waals surface area contributed by atoms with Crippen LogP contribution in [0.15, 0.2) is 4.79 Å². The van der Waals surface area contributed by atoms with E-state index in [9.17, 15) is 4.79 Å². The normalized spacial score (nSPS) is 13.9. The summed E-state index contributed by atoms with van der Waals surface area (Å²) in [5.74, 6) is 0. The first kappa shape index (κ1) is 13.9. The van der Waals surface area contributed by atoms with Crippen molar-refractivity contribution in [2.24, 2.45) is 0 Å². The van der Waals surface area contributed by atoms with E-state index in [0.717, 1.165) is 11.4 Å². The molecular weight excluding hydrogens is 238 g/mol. The lowest BCUT2D eigenvalue weighted by Crippen LogP contribution is -2.23. The Morgan fingerprint density at radius 3 is 1.94 bits per heavy atom. The van der Waals surface area contributed by atoms with Crippen LogP contribution in [0, 0.1) is 0 Å². The lowest BCUT2D eigenvalue weighted by molar-refractivity contribution is 0.509. The zero-order valence-electron chi connectivity index (χ0n) is 10.9.